The van der Waals surface area contributed by atoms with Crippen LogP contribution in [0.5, 0.6) is 5.75 Å². The van der Waals surface area contributed by atoms with Crippen LogP contribution in [0.2, 0.25) is 0 Å². The zero-order chi connectivity index (χ0) is 17.5. The molecule has 1 amide bonds. The van der Waals surface area contributed by atoms with Crippen molar-refractivity contribution in [2.24, 2.45) is 0 Å². The summed E-state index contributed by atoms with van der Waals surface area (Å²) < 4.78 is 5.13. The number of nitrogens with one attached hydrogen (secondary N) is 2. The van der Waals surface area contributed by atoms with Crippen LogP contribution in [0, 0.1) is 25.2 Å². The summed E-state index contributed by atoms with van der Waals surface area (Å²) in [5.41, 5.74) is 3.46. The summed E-state index contributed by atoms with van der Waals surface area (Å²) in [6.07, 6.45) is 1.38. The van der Waals surface area contributed by atoms with Crippen LogP contribution in [0.1, 0.15) is 11.1 Å². The van der Waals surface area contributed by atoms with Gasteiger partial charge in [-0.3, -0.25) is 4.79 Å². The van der Waals surface area contributed by atoms with Gasteiger partial charge in [0.05, 0.1) is 7.11 Å². The Bertz CT molecular complexity index is 820. The Morgan fingerprint density at radius 3 is 2.67 bits per heavy atom. The molecule has 122 valence electrons. The van der Waals surface area contributed by atoms with Gasteiger partial charge in [-0.25, -0.2) is 0 Å². The highest BCUT2D eigenvalue weighted by atomic mass is 16.5. The van der Waals surface area contributed by atoms with Crippen LogP contribution in [0.4, 0.5) is 11.4 Å². The van der Waals surface area contributed by atoms with Crippen LogP contribution in [0.25, 0.3) is 0 Å². The van der Waals surface area contributed by atoms with Gasteiger partial charge in [0.2, 0.25) is 0 Å². The van der Waals surface area contributed by atoms with Gasteiger partial charge in [0.1, 0.15) is 17.4 Å². The molecular weight excluding hydrogens is 302 g/mol. The predicted molar refractivity (Wildman–Crippen MR) is 94.9 cm³/mol. The minimum Gasteiger partial charge on any atom is -0.497 e. The number of methoxy groups -OCH3 is 1. The number of amides is 1. The monoisotopic (exact) mass is 321 g/mol. The summed E-state index contributed by atoms with van der Waals surface area (Å²) in [7, 11) is 1.58. The van der Waals surface area contributed by atoms with Gasteiger partial charge in [-0.1, -0.05) is 18.2 Å². The second-order valence-corrected chi connectivity index (χ2v) is 5.25. The molecule has 5 heteroatoms. The second kappa shape index (κ2) is 7.84. The number of carbonyl (C=O) groups is 1. The average molecular weight is 321 g/mol. The molecule has 2 aromatic carbocycles. The summed E-state index contributed by atoms with van der Waals surface area (Å²) >= 11 is 0. The Kier molecular flexibility index (Phi) is 5.58. The number of aryl methyl sites for hydroxylation is 1. The van der Waals surface area contributed by atoms with Crippen LogP contribution in [-0.4, -0.2) is 13.0 Å². The highest BCUT2D eigenvalue weighted by Crippen LogP contribution is 2.19. The molecule has 0 aliphatic rings. The summed E-state index contributed by atoms with van der Waals surface area (Å²) in [6, 6.07) is 14.8. The van der Waals surface area contributed by atoms with Gasteiger partial charge < -0.3 is 15.4 Å². The van der Waals surface area contributed by atoms with Crippen LogP contribution < -0.4 is 15.4 Å². The van der Waals surface area contributed by atoms with Crippen molar-refractivity contribution in [3.63, 3.8) is 0 Å². The maximum atomic E-state index is 12.3. The third kappa shape index (κ3) is 4.14. The molecule has 0 aliphatic heterocycles. The van der Waals surface area contributed by atoms with Gasteiger partial charge in [-0.2, -0.15) is 5.26 Å². The number of rotatable bonds is 5. The largest absolute Gasteiger partial charge is 0.497 e. The van der Waals surface area contributed by atoms with Crippen molar-refractivity contribution in [2.75, 3.05) is 17.7 Å². The molecule has 0 saturated carbocycles. The van der Waals surface area contributed by atoms with Crippen LogP contribution in [0.3, 0.4) is 0 Å². The molecule has 2 aromatic rings. The quantitative estimate of drug-likeness (QED) is 0.649. The number of nitriles is 1. The normalized spacial score (nSPS) is 10.7. The van der Waals surface area contributed by atoms with Gasteiger partial charge in [0.25, 0.3) is 5.91 Å². The van der Waals surface area contributed by atoms with E-state index < -0.39 is 5.91 Å². The third-order valence-corrected chi connectivity index (χ3v) is 3.67. The molecule has 5 nitrogen and oxygen atoms in total. The van der Waals surface area contributed by atoms with E-state index in [9.17, 15) is 10.1 Å². The lowest BCUT2D eigenvalue weighted by Gasteiger charge is -2.10. The molecule has 0 spiro atoms. The SMILES string of the molecule is COc1cccc(N/C=C(/C#N)C(=O)Nc2cccc(C)c2C)c1. The summed E-state index contributed by atoms with van der Waals surface area (Å²) in [5.74, 6) is 0.230. The first kappa shape index (κ1) is 17.1. The number of hydrogen-bond acceptors (Lipinski definition) is 4. The number of carbonyl (C=O) groups excluding carboxylic acids is 1. The summed E-state index contributed by atoms with van der Waals surface area (Å²) in [5, 5.41) is 14.9. The van der Waals surface area contributed by atoms with Crippen molar-refractivity contribution in [1.29, 1.82) is 5.26 Å². The number of ether oxygens (including phenoxy) is 1. The molecule has 0 atom stereocenters. The standard InChI is InChI=1S/C19H19N3O2/c1-13-6-4-9-18(14(13)2)22-19(23)15(11-20)12-21-16-7-5-8-17(10-16)24-3/h4-10,12,21H,1-3H3,(H,22,23)/b15-12-. The van der Waals surface area contributed by atoms with Crippen LogP contribution in [-0.2, 0) is 4.79 Å². The maximum absolute atomic E-state index is 12.3. The maximum Gasteiger partial charge on any atom is 0.267 e. The molecule has 0 heterocycles. The van der Waals surface area contributed by atoms with Gasteiger partial charge in [-0.05, 0) is 43.2 Å². The first-order chi connectivity index (χ1) is 11.5. The van der Waals surface area contributed by atoms with Crippen LogP contribution >= 0.6 is 0 Å². The van der Waals surface area contributed by atoms with E-state index in [0.29, 0.717) is 11.4 Å². The average Bonchev–Trinajstić information content (AvgIpc) is 2.59. The Labute approximate surface area is 141 Å². The van der Waals surface area contributed by atoms with Crippen LogP contribution in [0.15, 0.2) is 54.2 Å². The van der Waals surface area contributed by atoms with Crippen molar-refractivity contribution in [1.82, 2.24) is 0 Å². The predicted octanol–water partition coefficient (Wildman–Crippen LogP) is 3.77. The minimum atomic E-state index is -0.457. The molecule has 0 aromatic heterocycles. The molecule has 2 rings (SSSR count). The lowest BCUT2D eigenvalue weighted by atomic mass is 10.1. The van der Waals surface area contributed by atoms with Crippen molar-refractivity contribution in [3.8, 4) is 11.8 Å². The topological polar surface area (TPSA) is 74.1 Å². The summed E-state index contributed by atoms with van der Waals surface area (Å²) in [6.45, 7) is 3.89. The van der Waals surface area contributed by atoms with Gasteiger partial charge in [-0.15, -0.1) is 0 Å². The van der Waals surface area contributed by atoms with Crippen molar-refractivity contribution in [2.45, 2.75) is 13.8 Å². The Balaban J connectivity index is 2.13. The van der Waals surface area contributed by atoms with E-state index in [2.05, 4.69) is 10.6 Å². The van der Waals surface area contributed by atoms with Crippen molar-refractivity contribution >= 4 is 17.3 Å². The lowest BCUT2D eigenvalue weighted by molar-refractivity contribution is -0.112. The highest BCUT2D eigenvalue weighted by Gasteiger charge is 2.11. The third-order valence-electron chi connectivity index (χ3n) is 3.67. The fourth-order valence-electron chi connectivity index (χ4n) is 2.09. The first-order valence-electron chi connectivity index (χ1n) is 7.43. The highest BCUT2D eigenvalue weighted by molar-refractivity contribution is 6.07. The minimum absolute atomic E-state index is 0.0151. The number of nitrogens with zero attached hydrogens (tertiary/aromatic N) is 1. The number of hydrogen-bond donors (Lipinski definition) is 2. The summed E-state index contributed by atoms with van der Waals surface area (Å²) in [4.78, 5) is 12.3. The zero-order valence-corrected chi connectivity index (χ0v) is 13.9. The Morgan fingerprint density at radius 1 is 1.21 bits per heavy atom. The molecule has 24 heavy (non-hydrogen) atoms. The molecule has 0 aliphatic carbocycles. The number of anilines is 2. The van der Waals surface area contributed by atoms with E-state index in [-0.39, 0.29) is 5.57 Å². The van der Waals surface area contributed by atoms with E-state index in [1.54, 1.807) is 13.2 Å². The second-order valence-electron chi connectivity index (χ2n) is 5.25. The van der Waals surface area contributed by atoms with Gasteiger partial charge in [0, 0.05) is 23.6 Å². The lowest BCUT2D eigenvalue weighted by Crippen LogP contribution is -2.15. The van der Waals surface area contributed by atoms with Gasteiger partial charge >= 0.3 is 0 Å². The fourth-order valence-corrected chi connectivity index (χ4v) is 2.09. The van der Waals surface area contributed by atoms with E-state index in [1.807, 2.05) is 56.3 Å². The molecule has 2 N–H and O–H groups in total. The molecule has 0 saturated heterocycles. The molecular formula is C19H19N3O2. The first-order valence-corrected chi connectivity index (χ1v) is 7.43. The molecule has 0 radical (unpaired) electrons. The van der Waals surface area contributed by atoms with E-state index in [0.717, 1.165) is 16.8 Å². The smallest absolute Gasteiger partial charge is 0.267 e. The molecule has 0 fully saturated rings. The van der Waals surface area contributed by atoms with Crippen molar-refractivity contribution in [3.05, 3.63) is 65.4 Å². The molecule has 0 bridgehead atoms. The number of benzene rings is 2. The van der Waals surface area contributed by atoms with Gasteiger partial charge in [0.15, 0.2) is 0 Å². The van der Waals surface area contributed by atoms with E-state index >= 15 is 0 Å². The van der Waals surface area contributed by atoms with Crippen molar-refractivity contribution < 1.29 is 9.53 Å². The Morgan fingerprint density at radius 2 is 1.96 bits per heavy atom. The fraction of sp³-hybridized carbons (Fsp3) is 0.158. The van der Waals surface area contributed by atoms with E-state index in [1.165, 1.54) is 6.20 Å². The zero-order valence-electron chi connectivity index (χ0n) is 13.9. The molecule has 0 unspecified atom stereocenters. The van der Waals surface area contributed by atoms with E-state index in [4.69, 9.17) is 4.74 Å². The Hall–Kier alpha value is -3.26.